The normalized spacial score (nSPS) is 29.1. The average Bonchev–Trinajstić information content (AvgIpc) is 3.25. The Morgan fingerprint density at radius 3 is 2.17 bits per heavy atom. The minimum Gasteiger partial charge on any atom is -0.384 e. The highest BCUT2D eigenvalue weighted by molar-refractivity contribution is 5.85. The van der Waals surface area contributed by atoms with Crippen molar-refractivity contribution in [2.75, 3.05) is 26.2 Å². The summed E-state index contributed by atoms with van der Waals surface area (Å²) in [5.74, 6) is -3.46. The first-order valence-electron chi connectivity index (χ1n) is 11.3. The summed E-state index contributed by atoms with van der Waals surface area (Å²) in [5.41, 5.74) is -1.54. The lowest BCUT2D eigenvalue weighted by atomic mass is 9.70. The number of benzene rings is 2. The van der Waals surface area contributed by atoms with E-state index in [1.165, 1.54) is 24.3 Å². The van der Waals surface area contributed by atoms with Crippen LogP contribution in [0.1, 0.15) is 36.5 Å². The largest absolute Gasteiger partial charge is 0.416 e. The lowest BCUT2D eigenvalue weighted by Crippen LogP contribution is -2.57. The van der Waals surface area contributed by atoms with Gasteiger partial charge in [0.25, 0.3) is 0 Å². The lowest BCUT2D eigenvalue weighted by molar-refractivity contribution is -0.152. The summed E-state index contributed by atoms with van der Waals surface area (Å²) in [4.78, 5) is 15.1. The predicted octanol–water partition coefficient (Wildman–Crippen LogP) is 4.71. The van der Waals surface area contributed by atoms with Crippen molar-refractivity contribution in [3.8, 4) is 0 Å². The number of nitrogens with one attached hydrogen (secondary N) is 1. The molecule has 1 amide bonds. The fourth-order valence-corrected chi connectivity index (χ4v) is 5.48. The number of rotatable bonds is 3. The Hall–Kier alpha value is -2.23. The van der Waals surface area contributed by atoms with E-state index in [-0.39, 0.29) is 37.0 Å². The number of halogens is 6. The molecule has 5 atom stereocenters. The molecule has 4 rings (SSSR count). The molecule has 4 nitrogen and oxygen atoms in total. The second-order valence-corrected chi connectivity index (χ2v) is 9.48. The highest BCUT2D eigenvalue weighted by Gasteiger charge is 2.48. The van der Waals surface area contributed by atoms with Gasteiger partial charge in [0.1, 0.15) is 11.6 Å². The van der Waals surface area contributed by atoms with Crippen LogP contribution in [-0.4, -0.2) is 42.1 Å². The molecule has 2 saturated heterocycles. The number of carbonyl (C=O) groups is 1. The smallest absolute Gasteiger partial charge is 0.384 e. The van der Waals surface area contributed by atoms with Crippen molar-refractivity contribution in [3.05, 3.63) is 70.8 Å². The fraction of sp³-hybridized carbons (Fsp3) is 0.480. The van der Waals surface area contributed by atoms with Gasteiger partial charge >= 0.3 is 6.18 Å². The van der Waals surface area contributed by atoms with Gasteiger partial charge in [-0.25, -0.2) is 8.78 Å². The minimum atomic E-state index is -4.47. The van der Waals surface area contributed by atoms with Crippen LogP contribution in [0.3, 0.4) is 0 Å². The summed E-state index contributed by atoms with van der Waals surface area (Å²) in [6.45, 7) is 4.66. The van der Waals surface area contributed by atoms with E-state index in [1.807, 2.05) is 0 Å². The number of amides is 1. The van der Waals surface area contributed by atoms with Crippen LogP contribution in [0.4, 0.5) is 22.0 Å². The molecule has 0 radical (unpaired) electrons. The third kappa shape index (κ3) is 5.04. The summed E-state index contributed by atoms with van der Waals surface area (Å²) in [6, 6.07) is 7.85. The molecule has 2 aliphatic rings. The first-order valence-corrected chi connectivity index (χ1v) is 11.3. The number of alkyl halides is 3. The summed E-state index contributed by atoms with van der Waals surface area (Å²) in [5, 5.41) is 14.6. The van der Waals surface area contributed by atoms with Gasteiger partial charge < -0.3 is 15.3 Å². The molecule has 2 aromatic carbocycles. The van der Waals surface area contributed by atoms with Crippen molar-refractivity contribution in [3.63, 3.8) is 0 Å². The van der Waals surface area contributed by atoms with Gasteiger partial charge in [-0.05, 0) is 29.3 Å². The van der Waals surface area contributed by atoms with Crippen LogP contribution in [0, 0.1) is 29.4 Å². The van der Waals surface area contributed by atoms with Crippen LogP contribution >= 0.6 is 12.4 Å². The van der Waals surface area contributed by atoms with E-state index in [4.69, 9.17) is 0 Å². The van der Waals surface area contributed by atoms with E-state index >= 15 is 0 Å². The number of carbonyl (C=O) groups excluding carboxylic acids is 1. The molecule has 0 aromatic heterocycles. The number of piperidine rings is 1. The maximum Gasteiger partial charge on any atom is 0.416 e. The molecule has 0 aliphatic carbocycles. The minimum absolute atomic E-state index is 0. The molecule has 2 N–H and O–H groups in total. The molecule has 2 aliphatic heterocycles. The van der Waals surface area contributed by atoms with Gasteiger partial charge in [0.05, 0.1) is 17.1 Å². The molecular weight excluding hydrogens is 491 g/mol. The molecule has 192 valence electrons. The van der Waals surface area contributed by atoms with Crippen LogP contribution in [0.2, 0.25) is 0 Å². The van der Waals surface area contributed by atoms with Crippen LogP contribution in [-0.2, 0) is 16.6 Å². The number of nitrogens with zero attached hydrogens (tertiary/aromatic N) is 1. The highest BCUT2D eigenvalue weighted by Crippen LogP contribution is 2.43. The standard InChI is InChI=1S/C25H27F5N2O2.ClH/c1-14-12-32(13-15(2)24(14,34)16-3-5-17(6-4-16)25(28,29)30)23(33)21-11-31-10-20(21)19-8-7-18(26)9-22(19)27;/h3-9,14-15,20-21,31,34H,10-13H2,1-2H3;1H/t14-,15+,20-,21+,24+;/m0./s1. The molecule has 0 spiro atoms. The number of hydrogen-bond acceptors (Lipinski definition) is 3. The molecular formula is C25H28ClF5N2O2. The Labute approximate surface area is 206 Å². The van der Waals surface area contributed by atoms with E-state index in [9.17, 15) is 31.9 Å². The summed E-state index contributed by atoms with van der Waals surface area (Å²) < 4.78 is 66.6. The monoisotopic (exact) mass is 518 g/mol. The number of aliphatic hydroxyl groups is 1. The molecule has 0 bridgehead atoms. The van der Waals surface area contributed by atoms with Crippen molar-refractivity contribution in [2.24, 2.45) is 17.8 Å². The molecule has 0 saturated carbocycles. The first kappa shape index (κ1) is 27.4. The third-order valence-electron chi connectivity index (χ3n) is 7.37. The lowest BCUT2D eigenvalue weighted by Gasteiger charge is -2.48. The Kier molecular flexibility index (Phi) is 7.84. The van der Waals surface area contributed by atoms with E-state index in [0.717, 1.165) is 18.2 Å². The summed E-state index contributed by atoms with van der Waals surface area (Å²) >= 11 is 0. The van der Waals surface area contributed by atoms with Crippen molar-refractivity contribution in [1.29, 1.82) is 0 Å². The van der Waals surface area contributed by atoms with Gasteiger partial charge in [-0.3, -0.25) is 4.79 Å². The van der Waals surface area contributed by atoms with Crippen LogP contribution in [0.15, 0.2) is 42.5 Å². The molecule has 2 aromatic rings. The van der Waals surface area contributed by atoms with E-state index in [1.54, 1.807) is 18.7 Å². The Morgan fingerprint density at radius 2 is 1.63 bits per heavy atom. The summed E-state index contributed by atoms with van der Waals surface area (Å²) in [6.07, 6.45) is -4.47. The quantitative estimate of drug-likeness (QED) is 0.579. The summed E-state index contributed by atoms with van der Waals surface area (Å²) in [7, 11) is 0. The van der Waals surface area contributed by atoms with Crippen molar-refractivity contribution >= 4 is 18.3 Å². The van der Waals surface area contributed by atoms with Gasteiger partial charge in [-0.1, -0.05) is 32.0 Å². The third-order valence-corrected chi connectivity index (χ3v) is 7.37. The van der Waals surface area contributed by atoms with Crippen LogP contribution in [0.5, 0.6) is 0 Å². The second kappa shape index (κ2) is 10.0. The number of hydrogen-bond donors (Lipinski definition) is 2. The van der Waals surface area contributed by atoms with Gasteiger partial charge in [0.15, 0.2) is 0 Å². The van der Waals surface area contributed by atoms with E-state index in [0.29, 0.717) is 18.7 Å². The van der Waals surface area contributed by atoms with E-state index < -0.39 is 52.6 Å². The van der Waals surface area contributed by atoms with Crippen molar-refractivity contribution in [2.45, 2.75) is 31.5 Å². The maximum absolute atomic E-state index is 14.4. The van der Waals surface area contributed by atoms with Gasteiger partial charge in [-0.15, -0.1) is 12.4 Å². The van der Waals surface area contributed by atoms with Crippen molar-refractivity contribution < 1.29 is 31.9 Å². The van der Waals surface area contributed by atoms with Gasteiger partial charge in [-0.2, -0.15) is 13.2 Å². The fourth-order valence-electron chi connectivity index (χ4n) is 5.48. The number of likely N-dealkylation sites (tertiary alicyclic amines) is 1. The average molecular weight is 519 g/mol. The van der Waals surface area contributed by atoms with Gasteiger partial charge in [0.2, 0.25) is 5.91 Å². The predicted molar refractivity (Wildman–Crippen MR) is 123 cm³/mol. The zero-order valence-electron chi connectivity index (χ0n) is 19.3. The molecule has 0 unspecified atom stereocenters. The molecule has 35 heavy (non-hydrogen) atoms. The van der Waals surface area contributed by atoms with Crippen LogP contribution < -0.4 is 5.32 Å². The first-order chi connectivity index (χ1) is 15.9. The Balaban J connectivity index is 0.00000342. The maximum atomic E-state index is 14.4. The van der Waals surface area contributed by atoms with Crippen LogP contribution in [0.25, 0.3) is 0 Å². The zero-order chi connectivity index (χ0) is 24.8. The molecule has 2 fully saturated rings. The Bertz CT molecular complexity index is 1050. The zero-order valence-corrected chi connectivity index (χ0v) is 20.1. The van der Waals surface area contributed by atoms with Gasteiger partial charge in [0, 0.05) is 50.0 Å². The Morgan fingerprint density at radius 1 is 1.03 bits per heavy atom. The SMILES string of the molecule is C[C@@H]1CN(C(=O)[C@@H]2CNC[C@H]2c2ccc(F)cc2F)C[C@H](C)[C@]1(O)c1ccc(C(F)(F)F)cc1.Cl. The highest BCUT2D eigenvalue weighted by atomic mass is 35.5. The van der Waals surface area contributed by atoms with Crippen molar-refractivity contribution in [1.82, 2.24) is 10.2 Å². The molecule has 10 heteroatoms. The second-order valence-electron chi connectivity index (χ2n) is 9.48. The van der Waals surface area contributed by atoms with E-state index in [2.05, 4.69) is 5.32 Å². The topological polar surface area (TPSA) is 52.6 Å². The molecule has 2 heterocycles.